The average Bonchev–Trinajstić information content (AvgIpc) is 3.77. The highest BCUT2D eigenvalue weighted by Gasteiger charge is 2.34. The van der Waals surface area contributed by atoms with E-state index in [1.807, 2.05) is 61.4 Å². The zero-order valence-electron chi connectivity index (χ0n) is 28.3. The number of nitrogens with zero attached hydrogens (tertiary/aromatic N) is 3. The van der Waals surface area contributed by atoms with E-state index in [0.29, 0.717) is 17.9 Å². The number of aliphatic hydroxyl groups excluding tert-OH is 1. The Balaban J connectivity index is 1.37. The van der Waals surface area contributed by atoms with E-state index in [9.17, 15) is 23.1 Å². The monoisotopic (exact) mass is 704 g/mol. The number of methoxy groups -OCH3 is 1. The summed E-state index contributed by atoms with van der Waals surface area (Å²) in [5.41, 5.74) is 2.45. The summed E-state index contributed by atoms with van der Waals surface area (Å²) in [7, 11) is -2.48. The third kappa shape index (κ3) is 8.93. The molecule has 5 rings (SSSR count). The molecule has 49 heavy (non-hydrogen) atoms. The van der Waals surface area contributed by atoms with Gasteiger partial charge >= 0.3 is 0 Å². The molecule has 2 amide bonds. The Labute approximate surface area is 292 Å². The molecule has 0 unspecified atom stereocenters. The van der Waals surface area contributed by atoms with Gasteiger partial charge in [0.1, 0.15) is 10.8 Å². The SMILES string of the molecule is COc1ccc(S(=O)(=O)N(CC(C)C)C[C@@H](O)[C@H](Cc2ccccc2)NC(=O)c2cccc(C(=O)N3CCC[C@H]3c3nc(C)cs3)c2)cc1. The second-order valence-corrected chi connectivity index (χ2v) is 15.6. The van der Waals surface area contributed by atoms with Gasteiger partial charge in [-0.25, -0.2) is 13.4 Å². The van der Waals surface area contributed by atoms with E-state index in [4.69, 9.17) is 4.74 Å². The molecule has 10 nitrogen and oxygen atoms in total. The molecule has 0 bridgehead atoms. The van der Waals surface area contributed by atoms with Gasteiger partial charge < -0.3 is 20.1 Å². The first kappa shape index (κ1) is 36.2. The van der Waals surface area contributed by atoms with Gasteiger partial charge in [0.15, 0.2) is 0 Å². The van der Waals surface area contributed by atoms with Crippen LogP contribution in [0.5, 0.6) is 5.75 Å². The largest absolute Gasteiger partial charge is 0.497 e. The summed E-state index contributed by atoms with van der Waals surface area (Å²) in [5, 5.41) is 17.5. The standard InChI is InChI=1S/C37H44N4O6S2/c1-25(2)22-40(49(45,46)31-17-15-30(47-4)16-18-31)23-34(42)32(20-27-10-6-5-7-11-27)39-35(43)28-12-8-13-29(21-28)37(44)41-19-9-14-33(41)36-38-26(3)24-48-36/h5-8,10-13,15-18,21,24-25,32-34,42H,9,14,19-20,22-23H2,1-4H3,(H,39,43)/t32-,33-,34+/m0/s1. The van der Waals surface area contributed by atoms with Crippen molar-refractivity contribution in [2.45, 2.75) is 63.1 Å². The third-order valence-electron chi connectivity index (χ3n) is 8.54. The molecule has 260 valence electrons. The van der Waals surface area contributed by atoms with Gasteiger partial charge in [0.2, 0.25) is 10.0 Å². The summed E-state index contributed by atoms with van der Waals surface area (Å²) >= 11 is 1.55. The van der Waals surface area contributed by atoms with Crippen molar-refractivity contribution in [2.24, 2.45) is 5.92 Å². The number of ether oxygens (including phenoxy) is 1. The Bertz CT molecular complexity index is 1830. The number of carbonyl (C=O) groups excluding carboxylic acids is 2. The van der Waals surface area contributed by atoms with Crippen LogP contribution < -0.4 is 10.1 Å². The lowest BCUT2D eigenvalue weighted by atomic mass is 10.00. The predicted octanol–water partition coefficient (Wildman–Crippen LogP) is 5.49. The van der Waals surface area contributed by atoms with Crippen LogP contribution in [0.15, 0.2) is 89.1 Å². The normalized spacial score (nSPS) is 16.1. The Morgan fingerprint density at radius 1 is 1.04 bits per heavy atom. The van der Waals surface area contributed by atoms with Gasteiger partial charge in [0.25, 0.3) is 11.8 Å². The molecular weight excluding hydrogens is 661 g/mol. The van der Waals surface area contributed by atoms with Crippen LogP contribution in [0.4, 0.5) is 0 Å². The van der Waals surface area contributed by atoms with Gasteiger partial charge in [0, 0.05) is 41.8 Å². The maximum absolute atomic E-state index is 13.8. The van der Waals surface area contributed by atoms with Crippen molar-refractivity contribution < 1.29 is 27.9 Å². The smallest absolute Gasteiger partial charge is 0.254 e. The molecule has 1 saturated heterocycles. The van der Waals surface area contributed by atoms with Crippen LogP contribution >= 0.6 is 11.3 Å². The van der Waals surface area contributed by atoms with Gasteiger partial charge in [0.05, 0.1) is 30.2 Å². The van der Waals surface area contributed by atoms with Crippen molar-refractivity contribution in [2.75, 3.05) is 26.7 Å². The zero-order valence-corrected chi connectivity index (χ0v) is 29.9. The van der Waals surface area contributed by atoms with Gasteiger partial charge in [-0.3, -0.25) is 9.59 Å². The van der Waals surface area contributed by atoms with Crippen molar-refractivity contribution in [1.82, 2.24) is 19.5 Å². The predicted molar refractivity (Wildman–Crippen MR) is 190 cm³/mol. The van der Waals surface area contributed by atoms with Crippen LogP contribution in [-0.4, -0.2) is 78.4 Å². The molecule has 3 atom stereocenters. The molecule has 12 heteroatoms. The number of carbonyl (C=O) groups is 2. The van der Waals surface area contributed by atoms with Crippen LogP contribution in [0.3, 0.4) is 0 Å². The van der Waals surface area contributed by atoms with Crippen LogP contribution in [0, 0.1) is 12.8 Å². The van der Waals surface area contributed by atoms with E-state index in [1.165, 1.54) is 23.5 Å². The summed E-state index contributed by atoms with van der Waals surface area (Å²) in [6.07, 6.45) is 0.705. The number of likely N-dealkylation sites (tertiary alicyclic amines) is 1. The molecule has 3 aromatic carbocycles. The molecule has 2 N–H and O–H groups in total. The number of benzene rings is 3. The summed E-state index contributed by atoms with van der Waals surface area (Å²) in [6, 6.07) is 21.2. The lowest BCUT2D eigenvalue weighted by Gasteiger charge is -2.31. The molecular formula is C37H44N4O6S2. The second-order valence-electron chi connectivity index (χ2n) is 12.8. The molecule has 1 fully saturated rings. The van der Waals surface area contributed by atoms with E-state index in [0.717, 1.165) is 29.1 Å². The molecule has 2 heterocycles. The fourth-order valence-electron chi connectivity index (χ4n) is 6.06. The van der Waals surface area contributed by atoms with E-state index in [1.54, 1.807) is 47.7 Å². The number of thiazole rings is 1. The molecule has 1 aromatic heterocycles. The maximum atomic E-state index is 13.8. The van der Waals surface area contributed by atoms with Crippen LogP contribution in [-0.2, 0) is 16.4 Å². The summed E-state index contributed by atoms with van der Waals surface area (Å²) < 4.78 is 34.1. The van der Waals surface area contributed by atoms with Crippen molar-refractivity contribution in [3.63, 3.8) is 0 Å². The highest BCUT2D eigenvalue weighted by atomic mass is 32.2. The van der Waals surface area contributed by atoms with Crippen LogP contribution in [0.2, 0.25) is 0 Å². The summed E-state index contributed by atoms with van der Waals surface area (Å²) in [6.45, 7) is 6.28. The zero-order chi connectivity index (χ0) is 35.1. The molecule has 4 aromatic rings. The number of rotatable bonds is 14. The number of sulfonamides is 1. The number of aryl methyl sites for hydroxylation is 1. The molecule has 1 aliphatic rings. The van der Waals surface area contributed by atoms with Gasteiger partial charge in [-0.15, -0.1) is 11.3 Å². The van der Waals surface area contributed by atoms with E-state index < -0.39 is 28.1 Å². The third-order valence-corrected chi connectivity index (χ3v) is 11.5. The molecule has 0 saturated carbocycles. The second kappa shape index (κ2) is 16.1. The minimum absolute atomic E-state index is 0.0301. The van der Waals surface area contributed by atoms with Crippen molar-refractivity contribution in [3.8, 4) is 5.75 Å². The molecule has 0 radical (unpaired) electrons. The average molecular weight is 705 g/mol. The van der Waals surface area contributed by atoms with E-state index in [-0.39, 0.29) is 47.8 Å². The molecule has 1 aliphatic heterocycles. The Morgan fingerprint density at radius 3 is 2.41 bits per heavy atom. The number of hydrogen-bond acceptors (Lipinski definition) is 8. The summed E-state index contributed by atoms with van der Waals surface area (Å²) in [4.78, 5) is 34.0. The first-order chi connectivity index (χ1) is 23.5. The Kier molecular flexibility index (Phi) is 11.9. The van der Waals surface area contributed by atoms with Gasteiger partial charge in [-0.1, -0.05) is 50.2 Å². The lowest BCUT2D eigenvalue weighted by molar-refractivity contribution is 0.0735. The summed E-state index contributed by atoms with van der Waals surface area (Å²) in [5.74, 6) is -0.145. The van der Waals surface area contributed by atoms with Crippen molar-refractivity contribution in [3.05, 3.63) is 112 Å². The topological polar surface area (TPSA) is 129 Å². The first-order valence-electron chi connectivity index (χ1n) is 16.5. The Hall–Kier alpha value is -4.10. The van der Waals surface area contributed by atoms with Crippen LogP contribution in [0.1, 0.15) is 69.7 Å². The molecule has 0 aliphatic carbocycles. The fraction of sp³-hybridized carbons (Fsp3) is 0.378. The number of hydrogen-bond donors (Lipinski definition) is 2. The minimum atomic E-state index is -3.99. The van der Waals surface area contributed by atoms with Crippen LogP contribution in [0.25, 0.3) is 0 Å². The van der Waals surface area contributed by atoms with Gasteiger partial charge in [-0.05, 0) is 80.1 Å². The lowest BCUT2D eigenvalue weighted by Crippen LogP contribution is -2.51. The quantitative estimate of drug-likeness (QED) is 0.178. The van der Waals surface area contributed by atoms with Crippen molar-refractivity contribution in [1.29, 1.82) is 0 Å². The maximum Gasteiger partial charge on any atom is 0.254 e. The van der Waals surface area contributed by atoms with Gasteiger partial charge in [-0.2, -0.15) is 4.31 Å². The fourth-order valence-corrected chi connectivity index (χ4v) is 8.63. The minimum Gasteiger partial charge on any atom is -0.497 e. The number of amides is 2. The number of nitrogens with one attached hydrogen (secondary N) is 1. The van der Waals surface area contributed by atoms with E-state index >= 15 is 0 Å². The number of aromatic nitrogens is 1. The Morgan fingerprint density at radius 2 is 1.76 bits per heavy atom. The highest BCUT2D eigenvalue weighted by molar-refractivity contribution is 7.89. The van der Waals surface area contributed by atoms with E-state index in [2.05, 4.69) is 10.3 Å². The molecule has 0 spiro atoms. The van der Waals surface area contributed by atoms with Crippen molar-refractivity contribution >= 4 is 33.2 Å². The highest BCUT2D eigenvalue weighted by Crippen LogP contribution is 2.35. The first-order valence-corrected chi connectivity index (χ1v) is 18.8. The number of aliphatic hydroxyl groups is 1.